The van der Waals surface area contributed by atoms with Crippen LogP contribution in [0.15, 0.2) is 48.5 Å². The number of hydrogen-bond acceptors (Lipinski definition) is 9. The zero-order valence-electron chi connectivity index (χ0n) is 15.9. The van der Waals surface area contributed by atoms with Crippen LogP contribution < -0.4 is 4.74 Å². The van der Waals surface area contributed by atoms with Crippen LogP contribution in [0.1, 0.15) is 27.6 Å². The van der Waals surface area contributed by atoms with Crippen LogP contribution in [-0.4, -0.2) is 42.7 Å². The number of aromatic hydroxyl groups is 6. The average Bonchev–Trinajstić information content (AvgIpc) is 2.74. The smallest absolute Gasteiger partial charge is 0.338 e. The first-order chi connectivity index (χ1) is 14.7. The van der Waals surface area contributed by atoms with Crippen molar-refractivity contribution in [2.24, 2.45) is 0 Å². The number of carbonyl (C=O) groups is 1. The Morgan fingerprint density at radius 3 is 2.00 bits per heavy atom. The Kier molecular flexibility index (Phi) is 4.86. The summed E-state index contributed by atoms with van der Waals surface area (Å²) in [6.45, 7) is 0. The predicted molar refractivity (Wildman–Crippen MR) is 106 cm³/mol. The van der Waals surface area contributed by atoms with Gasteiger partial charge in [0.15, 0.2) is 40.6 Å². The van der Waals surface area contributed by atoms with Crippen molar-refractivity contribution in [3.05, 3.63) is 65.2 Å². The summed E-state index contributed by atoms with van der Waals surface area (Å²) in [5, 5.41) is 58.2. The fourth-order valence-electron chi connectivity index (χ4n) is 3.43. The van der Waals surface area contributed by atoms with E-state index in [0.29, 0.717) is 5.75 Å². The Bertz CT molecular complexity index is 1130. The van der Waals surface area contributed by atoms with E-state index in [9.17, 15) is 35.4 Å². The van der Waals surface area contributed by atoms with E-state index in [4.69, 9.17) is 9.47 Å². The van der Waals surface area contributed by atoms with E-state index < -0.39 is 52.7 Å². The Labute approximate surface area is 175 Å². The second kappa shape index (κ2) is 7.52. The number of benzene rings is 3. The summed E-state index contributed by atoms with van der Waals surface area (Å²) < 4.78 is 11.5. The monoisotopic (exact) mass is 426 g/mol. The Morgan fingerprint density at radius 1 is 0.839 bits per heavy atom. The van der Waals surface area contributed by atoms with Gasteiger partial charge in [0.1, 0.15) is 11.9 Å². The van der Waals surface area contributed by atoms with Gasteiger partial charge in [0.2, 0.25) is 0 Å². The molecule has 1 aliphatic rings. The summed E-state index contributed by atoms with van der Waals surface area (Å²) in [6.07, 6.45) is -1.65. The van der Waals surface area contributed by atoms with E-state index in [-0.39, 0.29) is 17.5 Å². The van der Waals surface area contributed by atoms with Crippen LogP contribution in [0.3, 0.4) is 0 Å². The molecule has 0 fully saturated rings. The molecular formula is C22H18O9. The maximum absolute atomic E-state index is 12.7. The molecule has 160 valence electrons. The molecule has 9 heteroatoms. The lowest BCUT2D eigenvalue weighted by Crippen LogP contribution is -2.34. The molecule has 1 aliphatic heterocycles. The molecule has 9 nitrogen and oxygen atoms in total. The van der Waals surface area contributed by atoms with Gasteiger partial charge in [-0.3, -0.25) is 0 Å². The van der Waals surface area contributed by atoms with Gasteiger partial charge in [-0.15, -0.1) is 0 Å². The molecule has 0 amide bonds. The molecule has 6 N–H and O–H groups in total. The molecule has 0 radical (unpaired) electrons. The summed E-state index contributed by atoms with van der Waals surface area (Å²) in [4.78, 5) is 12.7. The first-order valence-electron chi connectivity index (χ1n) is 9.20. The van der Waals surface area contributed by atoms with Gasteiger partial charge in [-0.1, -0.05) is 18.2 Å². The van der Waals surface area contributed by atoms with Gasteiger partial charge in [0.05, 0.1) is 5.56 Å². The molecule has 0 saturated heterocycles. The number of rotatable bonds is 3. The third kappa shape index (κ3) is 3.68. The first kappa shape index (κ1) is 20.0. The molecule has 0 spiro atoms. The van der Waals surface area contributed by atoms with Gasteiger partial charge in [-0.05, 0) is 35.9 Å². The van der Waals surface area contributed by atoms with Crippen molar-refractivity contribution in [2.45, 2.75) is 18.6 Å². The number of ether oxygens (including phenoxy) is 2. The van der Waals surface area contributed by atoms with Crippen molar-refractivity contribution in [1.82, 2.24) is 0 Å². The van der Waals surface area contributed by atoms with Crippen LogP contribution in [0.5, 0.6) is 40.2 Å². The Morgan fingerprint density at radius 2 is 1.39 bits per heavy atom. The summed E-state index contributed by atoms with van der Waals surface area (Å²) in [7, 11) is 0. The molecule has 1 heterocycles. The van der Waals surface area contributed by atoms with E-state index in [2.05, 4.69) is 0 Å². The first-order valence-corrected chi connectivity index (χ1v) is 9.20. The number of phenolic OH excluding ortho intramolecular Hbond substituents is 6. The number of esters is 1. The number of para-hydroxylation sites is 1. The van der Waals surface area contributed by atoms with E-state index in [1.807, 2.05) is 0 Å². The molecule has 0 aromatic heterocycles. The SMILES string of the molecule is O=C(O[C@@H]1Cc2ccccc2O[C@H]1c1cc(O)c(O)c(O)c1)c1cc(O)c(O)c(O)c1. The molecule has 0 unspecified atom stereocenters. The Hall–Kier alpha value is -4.27. The molecular weight excluding hydrogens is 408 g/mol. The highest BCUT2D eigenvalue weighted by Gasteiger charge is 2.35. The van der Waals surface area contributed by atoms with Gasteiger partial charge in [-0.2, -0.15) is 0 Å². The molecule has 2 atom stereocenters. The largest absolute Gasteiger partial charge is 0.504 e. The van der Waals surface area contributed by atoms with E-state index in [1.165, 1.54) is 12.1 Å². The van der Waals surface area contributed by atoms with Crippen molar-refractivity contribution < 1.29 is 44.9 Å². The van der Waals surface area contributed by atoms with Crippen LogP contribution in [-0.2, 0) is 11.2 Å². The molecule has 3 aromatic carbocycles. The molecule has 4 rings (SSSR count). The summed E-state index contributed by atoms with van der Waals surface area (Å²) >= 11 is 0. The highest BCUT2D eigenvalue weighted by atomic mass is 16.6. The van der Waals surface area contributed by atoms with Crippen LogP contribution in [0.4, 0.5) is 0 Å². The predicted octanol–water partition coefficient (Wildman–Crippen LogP) is 2.82. The van der Waals surface area contributed by atoms with E-state index in [0.717, 1.165) is 17.7 Å². The lowest BCUT2D eigenvalue weighted by molar-refractivity contribution is -0.0184. The fraction of sp³-hybridized carbons (Fsp3) is 0.136. The lowest BCUT2D eigenvalue weighted by Gasteiger charge is -2.33. The summed E-state index contributed by atoms with van der Waals surface area (Å²) in [6, 6.07) is 11.3. The van der Waals surface area contributed by atoms with Crippen LogP contribution in [0, 0.1) is 0 Å². The number of fused-ring (bicyclic) bond motifs is 1. The van der Waals surface area contributed by atoms with Gasteiger partial charge >= 0.3 is 5.97 Å². The third-order valence-corrected chi connectivity index (χ3v) is 4.97. The van der Waals surface area contributed by atoms with Crippen molar-refractivity contribution >= 4 is 5.97 Å². The molecule has 3 aromatic rings. The fourth-order valence-corrected chi connectivity index (χ4v) is 3.43. The van der Waals surface area contributed by atoms with Crippen LogP contribution >= 0.6 is 0 Å². The van der Waals surface area contributed by atoms with Crippen molar-refractivity contribution in [2.75, 3.05) is 0 Å². The quantitative estimate of drug-likeness (QED) is 0.274. The van der Waals surface area contributed by atoms with Gasteiger partial charge in [0.25, 0.3) is 0 Å². The maximum Gasteiger partial charge on any atom is 0.338 e. The van der Waals surface area contributed by atoms with Crippen LogP contribution in [0.25, 0.3) is 0 Å². The van der Waals surface area contributed by atoms with Gasteiger partial charge < -0.3 is 40.1 Å². The minimum atomic E-state index is -0.949. The molecule has 0 aliphatic carbocycles. The van der Waals surface area contributed by atoms with E-state index >= 15 is 0 Å². The maximum atomic E-state index is 12.7. The summed E-state index contributed by atoms with van der Waals surface area (Å²) in [5.41, 5.74) is 0.790. The normalized spacial score (nSPS) is 17.4. The zero-order chi connectivity index (χ0) is 22.3. The lowest BCUT2D eigenvalue weighted by atomic mass is 9.94. The number of hydrogen-bond donors (Lipinski definition) is 6. The summed E-state index contributed by atoms with van der Waals surface area (Å²) in [5.74, 6) is -4.37. The minimum absolute atomic E-state index is 0.207. The van der Waals surface area contributed by atoms with Gasteiger partial charge in [-0.25, -0.2) is 4.79 Å². The highest BCUT2D eigenvalue weighted by molar-refractivity contribution is 5.91. The second-order valence-corrected chi connectivity index (χ2v) is 7.06. The second-order valence-electron chi connectivity index (χ2n) is 7.06. The molecule has 0 saturated carbocycles. The van der Waals surface area contributed by atoms with Gasteiger partial charge in [0, 0.05) is 12.0 Å². The topological polar surface area (TPSA) is 157 Å². The number of phenols is 6. The Balaban J connectivity index is 1.70. The minimum Gasteiger partial charge on any atom is -0.504 e. The highest BCUT2D eigenvalue weighted by Crippen LogP contribution is 2.43. The van der Waals surface area contributed by atoms with Crippen LogP contribution in [0.2, 0.25) is 0 Å². The van der Waals surface area contributed by atoms with Crippen molar-refractivity contribution in [1.29, 1.82) is 0 Å². The van der Waals surface area contributed by atoms with Crippen molar-refractivity contribution in [3.63, 3.8) is 0 Å². The number of carbonyl (C=O) groups excluding carboxylic acids is 1. The standard InChI is InChI=1S/C22H18O9/c23-13-5-11(6-14(24)19(13)27)21-18(9-10-3-1-2-4-17(10)30-21)31-22(29)12-7-15(25)20(28)16(26)8-12/h1-8,18,21,23-28H,9H2/t18-,21+/m1/s1. The zero-order valence-corrected chi connectivity index (χ0v) is 15.9. The molecule has 31 heavy (non-hydrogen) atoms. The average molecular weight is 426 g/mol. The van der Waals surface area contributed by atoms with E-state index in [1.54, 1.807) is 24.3 Å². The molecule has 0 bridgehead atoms. The third-order valence-electron chi connectivity index (χ3n) is 4.97. The van der Waals surface area contributed by atoms with Crippen molar-refractivity contribution in [3.8, 4) is 40.2 Å².